The fourth-order valence-electron chi connectivity index (χ4n) is 2.15. The third-order valence-electron chi connectivity index (χ3n) is 3.63. The number of rotatable bonds is 7. The Morgan fingerprint density at radius 1 is 1.27 bits per heavy atom. The first-order chi connectivity index (χ1) is 12.5. The average molecular weight is 384 g/mol. The van der Waals surface area contributed by atoms with Crippen molar-refractivity contribution in [1.82, 2.24) is 4.90 Å². The van der Waals surface area contributed by atoms with Gasteiger partial charge in [-0.2, -0.15) is 0 Å². The fourth-order valence-corrected chi connectivity index (χ4v) is 2.83. The number of ether oxygens (including phenoxy) is 2. The summed E-state index contributed by atoms with van der Waals surface area (Å²) in [5.74, 6) is -1.48. The predicted octanol–water partition coefficient (Wildman–Crippen LogP) is 1.29. The van der Waals surface area contributed by atoms with Gasteiger partial charge >= 0.3 is 5.97 Å². The van der Waals surface area contributed by atoms with Gasteiger partial charge in [0.05, 0.1) is 19.0 Å². The van der Waals surface area contributed by atoms with Crippen LogP contribution >= 0.6 is 11.8 Å². The summed E-state index contributed by atoms with van der Waals surface area (Å²) in [6, 6.07) is 5.39. The van der Waals surface area contributed by atoms with Crippen LogP contribution < -0.4 is 5.32 Å². The molecule has 1 aromatic rings. The van der Waals surface area contributed by atoms with Crippen molar-refractivity contribution in [1.29, 1.82) is 0 Å². The number of hydrogen-bond donors (Lipinski definition) is 1. The minimum atomic E-state index is -0.591. The highest BCUT2D eigenvalue weighted by Crippen LogP contribution is 2.14. The number of morpholine rings is 1. The lowest BCUT2D eigenvalue weighted by molar-refractivity contribution is -0.153. The Balaban J connectivity index is 1.66. The van der Waals surface area contributed by atoms with E-state index in [2.05, 4.69) is 5.32 Å². The molecule has 0 radical (unpaired) electrons. The lowest BCUT2D eigenvalue weighted by Crippen LogP contribution is -2.43. The summed E-state index contributed by atoms with van der Waals surface area (Å²) in [4.78, 5) is 37.3. The van der Waals surface area contributed by atoms with Crippen molar-refractivity contribution in [3.63, 3.8) is 0 Å². The van der Waals surface area contributed by atoms with Gasteiger partial charge in [-0.15, -0.1) is 11.8 Å². The molecule has 1 fully saturated rings. The zero-order chi connectivity index (χ0) is 18.9. The number of nitrogens with one attached hydrogen (secondary N) is 1. The van der Waals surface area contributed by atoms with E-state index in [0.717, 1.165) is 11.8 Å². The van der Waals surface area contributed by atoms with Crippen LogP contribution in [0.2, 0.25) is 0 Å². The molecule has 0 spiro atoms. The van der Waals surface area contributed by atoms with Crippen LogP contribution in [0.5, 0.6) is 0 Å². The summed E-state index contributed by atoms with van der Waals surface area (Å²) in [5, 5.41) is 2.01. The SMILES string of the molecule is C[C@H](SCC(=O)Nc1ccc(F)cc1)C(=O)OCC(=O)N1CCOCC1. The van der Waals surface area contributed by atoms with Crippen LogP contribution in [0.15, 0.2) is 24.3 Å². The van der Waals surface area contributed by atoms with Crippen molar-refractivity contribution in [2.24, 2.45) is 0 Å². The van der Waals surface area contributed by atoms with Gasteiger partial charge in [0.1, 0.15) is 11.1 Å². The van der Waals surface area contributed by atoms with Crippen LogP contribution in [0.3, 0.4) is 0 Å². The number of thioether (sulfide) groups is 1. The number of hydrogen-bond acceptors (Lipinski definition) is 6. The van der Waals surface area contributed by atoms with Gasteiger partial charge in [0.15, 0.2) is 6.61 Å². The molecule has 1 saturated heterocycles. The standard InChI is InChI=1S/C17H21FN2O5S/c1-12(17(23)25-10-16(22)20-6-8-24-9-7-20)26-11-15(21)19-14-4-2-13(18)3-5-14/h2-5,12H,6-11H2,1H3,(H,19,21)/t12-/m0/s1. The molecular formula is C17H21FN2O5S. The van der Waals surface area contributed by atoms with Gasteiger partial charge in [0.2, 0.25) is 5.91 Å². The molecule has 1 heterocycles. The van der Waals surface area contributed by atoms with Gasteiger partial charge in [0, 0.05) is 18.8 Å². The Morgan fingerprint density at radius 3 is 2.58 bits per heavy atom. The quantitative estimate of drug-likeness (QED) is 0.713. The van der Waals surface area contributed by atoms with E-state index in [9.17, 15) is 18.8 Å². The van der Waals surface area contributed by atoms with Crippen LogP contribution in [-0.4, -0.2) is 66.6 Å². The third kappa shape index (κ3) is 6.64. The summed E-state index contributed by atoms with van der Waals surface area (Å²) in [6.45, 7) is 3.24. The molecule has 0 unspecified atom stereocenters. The second-order valence-corrected chi connectivity index (χ2v) is 6.94. The van der Waals surface area contributed by atoms with Gasteiger partial charge in [-0.25, -0.2) is 4.39 Å². The van der Waals surface area contributed by atoms with Gasteiger partial charge in [-0.3, -0.25) is 14.4 Å². The van der Waals surface area contributed by atoms with Crippen LogP contribution in [0.25, 0.3) is 0 Å². The van der Waals surface area contributed by atoms with Gasteiger partial charge in [-0.1, -0.05) is 0 Å². The maximum absolute atomic E-state index is 12.8. The average Bonchev–Trinajstić information content (AvgIpc) is 2.66. The lowest BCUT2D eigenvalue weighted by atomic mass is 10.3. The highest BCUT2D eigenvalue weighted by Gasteiger charge is 2.21. The predicted molar refractivity (Wildman–Crippen MR) is 95.3 cm³/mol. The molecule has 26 heavy (non-hydrogen) atoms. The molecule has 0 saturated carbocycles. The first kappa shape index (κ1) is 20.2. The Labute approximate surface area is 155 Å². The molecule has 0 bridgehead atoms. The van der Waals surface area contributed by atoms with Crippen molar-refractivity contribution >= 4 is 35.2 Å². The monoisotopic (exact) mass is 384 g/mol. The van der Waals surface area contributed by atoms with Crippen molar-refractivity contribution in [2.45, 2.75) is 12.2 Å². The zero-order valence-electron chi connectivity index (χ0n) is 14.4. The lowest BCUT2D eigenvalue weighted by Gasteiger charge is -2.26. The first-order valence-electron chi connectivity index (χ1n) is 8.15. The van der Waals surface area contributed by atoms with E-state index in [4.69, 9.17) is 9.47 Å². The number of benzene rings is 1. The Morgan fingerprint density at radius 2 is 1.92 bits per heavy atom. The van der Waals surface area contributed by atoms with Gasteiger partial charge in [-0.05, 0) is 31.2 Å². The summed E-state index contributed by atoms with van der Waals surface area (Å²) in [5.41, 5.74) is 0.475. The third-order valence-corrected chi connectivity index (χ3v) is 4.75. The van der Waals surface area contributed by atoms with E-state index in [-0.39, 0.29) is 30.0 Å². The maximum Gasteiger partial charge on any atom is 0.319 e. The number of nitrogens with zero attached hydrogens (tertiary/aromatic N) is 1. The highest BCUT2D eigenvalue weighted by atomic mass is 32.2. The highest BCUT2D eigenvalue weighted by molar-refractivity contribution is 8.01. The van der Waals surface area contributed by atoms with E-state index in [1.807, 2.05) is 0 Å². The Hall–Kier alpha value is -2.13. The number of carbonyl (C=O) groups is 3. The summed E-state index contributed by atoms with van der Waals surface area (Å²) in [7, 11) is 0. The molecule has 142 valence electrons. The molecule has 2 rings (SSSR count). The molecule has 7 nitrogen and oxygen atoms in total. The number of amides is 2. The first-order valence-corrected chi connectivity index (χ1v) is 9.20. The van der Waals surface area contributed by atoms with E-state index in [1.165, 1.54) is 24.3 Å². The minimum absolute atomic E-state index is 0.0328. The van der Waals surface area contributed by atoms with Crippen LogP contribution in [0.1, 0.15) is 6.92 Å². The zero-order valence-corrected chi connectivity index (χ0v) is 15.2. The van der Waals surface area contributed by atoms with Crippen molar-refractivity contribution < 1.29 is 28.2 Å². The summed E-state index contributed by atoms with van der Waals surface area (Å²) >= 11 is 1.10. The summed E-state index contributed by atoms with van der Waals surface area (Å²) in [6.07, 6.45) is 0. The van der Waals surface area contributed by atoms with Gasteiger partial charge < -0.3 is 19.7 Å². The normalized spacial score (nSPS) is 15.2. The number of halogens is 1. The molecule has 1 aliphatic rings. The largest absolute Gasteiger partial charge is 0.455 e. The minimum Gasteiger partial charge on any atom is -0.455 e. The van der Waals surface area contributed by atoms with Crippen LogP contribution in [0.4, 0.5) is 10.1 Å². The molecular weight excluding hydrogens is 363 g/mol. The number of esters is 1. The maximum atomic E-state index is 12.8. The van der Waals surface area contributed by atoms with Crippen LogP contribution in [-0.2, 0) is 23.9 Å². The topological polar surface area (TPSA) is 84.9 Å². The molecule has 1 aliphatic heterocycles. The van der Waals surface area contributed by atoms with E-state index < -0.39 is 11.2 Å². The molecule has 1 N–H and O–H groups in total. The van der Waals surface area contributed by atoms with Crippen molar-refractivity contribution in [2.75, 3.05) is 44.0 Å². The number of anilines is 1. The molecule has 0 aromatic heterocycles. The van der Waals surface area contributed by atoms with Crippen LogP contribution in [0, 0.1) is 5.82 Å². The second-order valence-electron chi connectivity index (χ2n) is 5.61. The molecule has 1 atom stereocenters. The van der Waals surface area contributed by atoms with E-state index in [1.54, 1.807) is 11.8 Å². The second kappa shape index (κ2) is 10.1. The molecule has 9 heteroatoms. The van der Waals surface area contributed by atoms with E-state index >= 15 is 0 Å². The van der Waals surface area contributed by atoms with Gasteiger partial charge in [0.25, 0.3) is 5.91 Å². The molecule has 0 aliphatic carbocycles. The Bertz CT molecular complexity index is 635. The molecule has 1 aromatic carbocycles. The van der Waals surface area contributed by atoms with Crippen molar-refractivity contribution in [3.8, 4) is 0 Å². The number of carbonyl (C=O) groups excluding carboxylic acids is 3. The fraction of sp³-hybridized carbons (Fsp3) is 0.471. The Kier molecular flexibility index (Phi) is 7.86. The van der Waals surface area contributed by atoms with Crippen molar-refractivity contribution in [3.05, 3.63) is 30.1 Å². The molecule has 2 amide bonds. The smallest absolute Gasteiger partial charge is 0.319 e. The summed E-state index contributed by atoms with van der Waals surface area (Å²) < 4.78 is 23.0. The van der Waals surface area contributed by atoms with E-state index in [0.29, 0.717) is 32.0 Å².